The Kier molecular flexibility index (Phi) is 3.00. The van der Waals surface area contributed by atoms with Crippen molar-refractivity contribution in [3.05, 3.63) is 0 Å². The summed E-state index contributed by atoms with van der Waals surface area (Å²) in [5.74, 6) is 0. The van der Waals surface area contributed by atoms with E-state index in [0.29, 0.717) is 0 Å². The zero-order valence-corrected chi connectivity index (χ0v) is 7.43. The van der Waals surface area contributed by atoms with Crippen LogP contribution in [0.4, 0.5) is 0 Å². The minimum Gasteiger partial charge on any atom is -0.168 e. The summed E-state index contributed by atoms with van der Waals surface area (Å²) in [6.45, 7) is 7.18. The van der Waals surface area contributed by atoms with E-state index in [2.05, 4.69) is 25.9 Å². The molecule has 0 aromatic rings. The molecule has 0 fully saturated rings. The molecule has 0 aromatic heterocycles. The Morgan fingerprint density at radius 2 is 1.71 bits per heavy atom. The highest BCUT2D eigenvalue weighted by Crippen LogP contribution is 2.06. The molecule has 0 radical (unpaired) electrons. The van der Waals surface area contributed by atoms with Gasteiger partial charge in [0.25, 0.3) is 0 Å². The van der Waals surface area contributed by atoms with Crippen LogP contribution in [-0.2, 0) is 0 Å². The summed E-state index contributed by atoms with van der Waals surface area (Å²) in [7, 11) is -0.694. The highest BCUT2D eigenvalue weighted by molar-refractivity contribution is 8.00. The lowest BCUT2D eigenvalue weighted by Gasteiger charge is -2.11. The van der Waals surface area contributed by atoms with E-state index in [9.17, 15) is 0 Å². The summed E-state index contributed by atoms with van der Waals surface area (Å²) in [5.41, 5.74) is 0. The lowest BCUT2D eigenvalue weighted by Crippen LogP contribution is -2.23. The van der Waals surface area contributed by atoms with Gasteiger partial charge in [0.1, 0.15) is 0 Å². The maximum absolute atomic E-state index is 2.39. The van der Waals surface area contributed by atoms with Crippen molar-refractivity contribution in [2.24, 2.45) is 0 Å². The average Bonchev–Trinajstić information content (AvgIpc) is 1.30. The first-order valence-electron chi connectivity index (χ1n) is 2.55. The van der Waals surface area contributed by atoms with Gasteiger partial charge in [-0.05, 0) is 11.6 Å². The fourth-order valence-corrected chi connectivity index (χ4v) is 3.90. The van der Waals surface area contributed by atoms with Gasteiger partial charge in [0.2, 0.25) is 0 Å². The van der Waals surface area contributed by atoms with Gasteiger partial charge in [-0.2, -0.15) is 11.8 Å². The lowest BCUT2D eigenvalue weighted by molar-refractivity contribution is 1.68. The van der Waals surface area contributed by atoms with Crippen LogP contribution < -0.4 is 0 Å². The second-order valence-electron chi connectivity index (χ2n) is 2.99. The summed E-state index contributed by atoms with van der Waals surface area (Å²) in [6, 6.07) is 0. The van der Waals surface area contributed by atoms with Crippen LogP contribution in [0.25, 0.3) is 0 Å². The Balaban J connectivity index is 3.15. The molecule has 0 aliphatic carbocycles. The first-order chi connectivity index (χ1) is 3.06. The van der Waals surface area contributed by atoms with Crippen LogP contribution in [0.1, 0.15) is 0 Å². The van der Waals surface area contributed by atoms with Gasteiger partial charge in [0.05, 0.1) is 8.07 Å². The van der Waals surface area contributed by atoms with E-state index in [1.807, 2.05) is 11.8 Å². The zero-order chi connectivity index (χ0) is 5.91. The van der Waals surface area contributed by atoms with Crippen molar-refractivity contribution in [1.29, 1.82) is 0 Å². The Labute approximate surface area is 51.7 Å². The van der Waals surface area contributed by atoms with Crippen LogP contribution in [-0.4, -0.2) is 19.7 Å². The Hall–Kier alpha value is 0.567. The first-order valence-corrected chi connectivity index (χ1v) is 7.65. The standard InChI is InChI=1S/C5H14SSi/c1-6-5-7(2,3)4/h5H2,1-4H3. The highest BCUT2D eigenvalue weighted by Gasteiger charge is 2.09. The van der Waals surface area contributed by atoms with Crippen molar-refractivity contribution in [3.8, 4) is 0 Å². The summed E-state index contributed by atoms with van der Waals surface area (Å²) in [6.07, 6.45) is 2.18. The Morgan fingerprint density at radius 1 is 1.29 bits per heavy atom. The van der Waals surface area contributed by atoms with Gasteiger partial charge in [-0.3, -0.25) is 0 Å². The van der Waals surface area contributed by atoms with Crippen molar-refractivity contribution in [2.45, 2.75) is 19.6 Å². The van der Waals surface area contributed by atoms with E-state index in [1.165, 1.54) is 5.38 Å². The molecule has 44 valence electrons. The summed E-state index contributed by atoms with van der Waals surface area (Å²) in [4.78, 5) is 0. The Morgan fingerprint density at radius 3 is 1.71 bits per heavy atom. The molecule has 0 bridgehead atoms. The predicted molar refractivity (Wildman–Crippen MR) is 41.7 cm³/mol. The lowest BCUT2D eigenvalue weighted by atomic mass is 11.8. The molecule has 0 amide bonds. The fourth-order valence-electron chi connectivity index (χ4n) is 0.433. The van der Waals surface area contributed by atoms with Crippen LogP contribution in [0.15, 0.2) is 0 Å². The van der Waals surface area contributed by atoms with Crippen molar-refractivity contribution in [2.75, 3.05) is 11.6 Å². The van der Waals surface area contributed by atoms with Gasteiger partial charge >= 0.3 is 0 Å². The van der Waals surface area contributed by atoms with Gasteiger partial charge in [-0.15, -0.1) is 0 Å². The van der Waals surface area contributed by atoms with Crippen LogP contribution in [0.2, 0.25) is 19.6 Å². The van der Waals surface area contributed by atoms with Gasteiger partial charge in [0.15, 0.2) is 0 Å². The van der Waals surface area contributed by atoms with Crippen molar-refractivity contribution in [3.63, 3.8) is 0 Å². The molecule has 0 heterocycles. The van der Waals surface area contributed by atoms with Crippen LogP contribution in [0.3, 0.4) is 0 Å². The molecule has 7 heavy (non-hydrogen) atoms. The summed E-state index contributed by atoms with van der Waals surface area (Å²) < 4.78 is 0. The van der Waals surface area contributed by atoms with E-state index in [1.54, 1.807) is 0 Å². The van der Waals surface area contributed by atoms with Gasteiger partial charge in [-0.1, -0.05) is 19.6 Å². The van der Waals surface area contributed by atoms with E-state index in [-0.39, 0.29) is 0 Å². The summed E-state index contributed by atoms with van der Waals surface area (Å²) >= 11 is 1.97. The van der Waals surface area contributed by atoms with Gasteiger partial charge in [0, 0.05) is 0 Å². The van der Waals surface area contributed by atoms with Crippen molar-refractivity contribution < 1.29 is 0 Å². The molecular formula is C5H14SSi. The van der Waals surface area contributed by atoms with Crippen LogP contribution in [0, 0.1) is 0 Å². The molecule has 0 saturated heterocycles. The number of hydrogen-bond acceptors (Lipinski definition) is 1. The third-order valence-electron chi connectivity index (χ3n) is 0.577. The number of hydrogen-bond donors (Lipinski definition) is 0. The minimum atomic E-state index is -0.694. The second-order valence-corrected chi connectivity index (χ2v) is 9.85. The molecule has 0 aromatic carbocycles. The third kappa shape index (κ3) is 6.57. The second kappa shape index (κ2) is 2.77. The molecule has 2 heteroatoms. The molecular weight excluding hydrogens is 120 g/mol. The molecule has 0 atom stereocenters. The number of thioether (sulfide) groups is 1. The van der Waals surface area contributed by atoms with Crippen LogP contribution in [0.5, 0.6) is 0 Å². The molecule has 0 aliphatic rings. The van der Waals surface area contributed by atoms with Gasteiger partial charge in [-0.25, -0.2) is 0 Å². The maximum atomic E-state index is 2.39. The molecule has 0 aliphatic heterocycles. The molecule has 0 unspecified atom stereocenters. The third-order valence-corrected chi connectivity index (χ3v) is 5.20. The zero-order valence-electron chi connectivity index (χ0n) is 5.62. The van der Waals surface area contributed by atoms with E-state index in [0.717, 1.165) is 0 Å². The monoisotopic (exact) mass is 134 g/mol. The molecule has 0 spiro atoms. The normalized spacial score (nSPS) is 12.0. The minimum absolute atomic E-state index is 0.694. The first kappa shape index (κ1) is 7.57. The predicted octanol–water partition coefficient (Wildman–Crippen LogP) is 2.23. The average molecular weight is 134 g/mol. The Bertz CT molecular complexity index is 46.5. The molecule has 0 N–H and O–H groups in total. The van der Waals surface area contributed by atoms with E-state index >= 15 is 0 Å². The molecule has 0 nitrogen and oxygen atoms in total. The maximum Gasteiger partial charge on any atom is 0.0548 e. The van der Waals surface area contributed by atoms with Gasteiger partial charge < -0.3 is 0 Å². The van der Waals surface area contributed by atoms with Crippen molar-refractivity contribution >= 4 is 19.8 Å². The number of rotatable bonds is 2. The highest BCUT2D eigenvalue weighted by atomic mass is 32.2. The summed E-state index contributed by atoms with van der Waals surface area (Å²) in [5, 5.41) is 1.40. The van der Waals surface area contributed by atoms with Crippen molar-refractivity contribution in [1.82, 2.24) is 0 Å². The molecule has 0 saturated carbocycles. The van der Waals surface area contributed by atoms with Crippen LogP contribution >= 0.6 is 11.8 Å². The largest absolute Gasteiger partial charge is 0.168 e. The van der Waals surface area contributed by atoms with E-state index < -0.39 is 8.07 Å². The smallest absolute Gasteiger partial charge is 0.0548 e. The fraction of sp³-hybridized carbons (Fsp3) is 1.00. The quantitative estimate of drug-likeness (QED) is 0.522. The SMILES string of the molecule is CSC[Si](C)(C)C. The topological polar surface area (TPSA) is 0 Å². The molecule has 0 rings (SSSR count). The van der Waals surface area contributed by atoms with E-state index in [4.69, 9.17) is 0 Å².